The van der Waals surface area contributed by atoms with E-state index in [4.69, 9.17) is 9.84 Å². The third kappa shape index (κ3) is 2.74. The number of hydrazine groups is 1. The van der Waals surface area contributed by atoms with Gasteiger partial charge in [-0.1, -0.05) is 18.2 Å². The molecule has 1 aromatic rings. The van der Waals surface area contributed by atoms with Crippen LogP contribution in [0.2, 0.25) is 0 Å². The SMILES string of the molecule is OCC1OC(NNc2ccccc2)C(O)C1O. The van der Waals surface area contributed by atoms with Crippen molar-refractivity contribution >= 4 is 5.69 Å². The highest BCUT2D eigenvalue weighted by Crippen LogP contribution is 2.19. The fourth-order valence-corrected chi connectivity index (χ4v) is 1.69. The number of ether oxygens (including phenoxy) is 1. The second-order valence-electron chi connectivity index (χ2n) is 3.89. The van der Waals surface area contributed by atoms with Crippen LogP contribution in [0.25, 0.3) is 0 Å². The minimum absolute atomic E-state index is 0.332. The van der Waals surface area contributed by atoms with Crippen LogP contribution in [0.4, 0.5) is 5.69 Å². The predicted molar refractivity (Wildman–Crippen MR) is 61.0 cm³/mol. The highest BCUT2D eigenvalue weighted by molar-refractivity contribution is 5.41. The molecule has 0 spiro atoms. The molecule has 1 saturated heterocycles. The molecule has 1 aromatic carbocycles. The van der Waals surface area contributed by atoms with Gasteiger partial charge in [0.15, 0.2) is 6.23 Å². The number of aliphatic hydroxyl groups is 3. The Morgan fingerprint density at radius 2 is 1.82 bits per heavy atom. The normalized spacial score (nSPS) is 32.6. The van der Waals surface area contributed by atoms with E-state index in [1.807, 2.05) is 30.3 Å². The highest BCUT2D eigenvalue weighted by Gasteiger charge is 2.42. The Labute approximate surface area is 98.8 Å². The van der Waals surface area contributed by atoms with Crippen LogP contribution in [0.1, 0.15) is 0 Å². The summed E-state index contributed by atoms with van der Waals surface area (Å²) in [6, 6.07) is 9.29. The first-order valence-corrected chi connectivity index (χ1v) is 5.41. The molecule has 2 rings (SSSR count). The van der Waals surface area contributed by atoms with Crippen molar-refractivity contribution in [2.45, 2.75) is 24.5 Å². The van der Waals surface area contributed by atoms with Gasteiger partial charge in [-0.05, 0) is 12.1 Å². The molecule has 0 amide bonds. The van der Waals surface area contributed by atoms with Crippen LogP contribution >= 0.6 is 0 Å². The van der Waals surface area contributed by atoms with Crippen molar-refractivity contribution in [3.8, 4) is 0 Å². The number of aliphatic hydroxyl groups excluding tert-OH is 3. The van der Waals surface area contributed by atoms with Crippen LogP contribution in [-0.2, 0) is 4.74 Å². The Kier molecular flexibility index (Phi) is 3.93. The van der Waals surface area contributed by atoms with Gasteiger partial charge in [-0.25, -0.2) is 5.43 Å². The molecule has 6 nitrogen and oxygen atoms in total. The largest absolute Gasteiger partial charge is 0.394 e. The molecule has 4 atom stereocenters. The number of benzene rings is 1. The Hall–Kier alpha value is -1.18. The summed E-state index contributed by atoms with van der Waals surface area (Å²) in [5, 5.41) is 28.1. The number of anilines is 1. The third-order valence-corrected chi connectivity index (χ3v) is 2.67. The van der Waals surface area contributed by atoms with Crippen LogP contribution in [-0.4, -0.2) is 46.5 Å². The second kappa shape index (κ2) is 5.44. The standard InChI is InChI=1S/C11H16N2O4/c14-6-8-9(15)10(16)11(17-8)13-12-7-4-2-1-3-5-7/h1-5,8-16H,6H2. The molecular formula is C11H16N2O4. The molecule has 4 unspecified atom stereocenters. The molecule has 0 saturated carbocycles. The first-order valence-electron chi connectivity index (χ1n) is 5.41. The van der Waals surface area contributed by atoms with Crippen LogP contribution in [0.15, 0.2) is 30.3 Å². The molecular weight excluding hydrogens is 224 g/mol. The molecule has 0 aromatic heterocycles. The number of rotatable bonds is 4. The summed E-state index contributed by atoms with van der Waals surface area (Å²) < 4.78 is 5.23. The zero-order chi connectivity index (χ0) is 12.3. The number of hydrogen-bond donors (Lipinski definition) is 5. The van der Waals surface area contributed by atoms with E-state index < -0.39 is 24.5 Å². The Bertz CT molecular complexity index is 349. The molecule has 1 aliphatic rings. The van der Waals surface area contributed by atoms with Crippen LogP contribution < -0.4 is 10.9 Å². The Balaban J connectivity index is 1.88. The topological polar surface area (TPSA) is 94.0 Å². The second-order valence-corrected chi connectivity index (χ2v) is 3.89. The van der Waals surface area contributed by atoms with E-state index >= 15 is 0 Å². The smallest absolute Gasteiger partial charge is 0.153 e. The van der Waals surface area contributed by atoms with Gasteiger partial charge in [-0.15, -0.1) is 0 Å². The minimum atomic E-state index is -1.09. The van der Waals surface area contributed by atoms with Gasteiger partial charge in [0, 0.05) is 5.69 Å². The van der Waals surface area contributed by atoms with Gasteiger partial charge >= 0.3 is 0 Å². The average molecular weight is 240 g/mol. The summed E-state index contributed by atoms with van der Waals surface area (Å²) >= 11 is 0. The lowest BCUT2D eigenvalue weighted by atomic mass is 10.1. The molecule has 0 aliphatic carbocycles. The maximum Gasteiger partial charge on any atom is 0.153 e. The van der Waals surface area contributed by atoms with E-state index in [1.54, 1.807) is 0 Å². The van der Waals surface area contributed by atoms with E-state index in [9.17, 15) is 10.2 Å². The van der Waals surface area contributed by atoms with Crippen molar-refractivity contribution < 1.29 is 20.1 Å². The first kappa shape index (κ1) is 12.3. The molecule has 94 valence electrons. The fraction of sp³-hybridized carbons (Fsp3) is 0.455. The maximum atomic E-state index is 9.65. The molecule has 1 heterocycles. The minimum Gasteiger partial charge on any atom is -0.394 e. The van der Waals surface area contributed by atoms with Crippen molar-refractivity contribution in [3.05, 3.63) is 30.3 Å². The van der Waals surface area contributed by atoms with Gasteiger partial charge in [0.2, 0.25) is 0 Å². The third-order valence-electron chi connectivity index (χ3n) is 2.67. The average Bonchev–Trinajstić information content (AvgIpc) is 2.65. The van der Waals surface area contributed by atoms with Crippen molar-refractivity contribution in [2.75, 3.05) is 12.0 Å². The van der Waals surface area contributed by atoms with Gasteiger partial charge in [0.1, 0.15) is 18.3 Å². The van der Waals surface area contributed by atoms with Crippen molar-refractivity contribution in [2.24, 2.45) is 0 Å². The fourth-order valence-electron chi connectivity index (χ4n) is 1.69. The van der Waals surface area contributed by atoms with Gasteiger partial charge in [0.05, 0.1) is 6.61 Å². The highest BCUT2D eigenvalue weighted by atomic mass is 16.6. The zero-order valence-corrected chi connectivity index (χ0v) is 9.15. The van der Waals surface area contributed by atoms with E-state index in [1.165, 1.54) is 0 Å². The van der Waals surface area contributed by atoms with Gasteiger partial charge < -0.3 is 25.5 Å². The van der Waals surface area contributed by atoms with E-state index in [-0.39, 0.29) is 6.61 Å². The molecule has 1 aliphatic heterocycles. The number of nitrogens with one attached hydrogen (secondary N) is 2. The Morgan fingerprint density at radius 3 is 2.41 bits per heavy atom. The summed E-state index contributed by atoms with van der Waals surface area (Å²) in [4.78, 5) is 0. The van der Waals surface area contributed by atoms with E-state index in [2.05, 4.69) is 10.9 Å². The molecule has 1 fully saturated rings. The maximum absolute atomic E-state index is 9.65. The first-order chi connectivity index (χ1) is 8.22. The summed E-state index contributed by atoms with van der Waals surface area (Å²) in [5.41, 5.74) is 6.41. The number of para-hydroxylation sites is 1. The van der Waals surface area contributed by atoms with E-state index in [0.717, 1.165) is 5.69 Å². The van der Waals surface area contributed by atoms with Crippen molar-refractivity contribution in [1.29, 1.82) is 0 Å². The molecule has 0 radical (unpaired) electrons. The van der Waals surface area contributed by atoms with Crippen molar-refractivity contribution in [3.63, 3.8) is 0 Å². The molecule has 5 N–H and O–H groups in total. The van der Waals surface area contributed by atoms with Crippen LogP contribution in [0.5, 0.6) is 0 Å². The van der Waals surface area contributed by atoms with Crippen LogP contribution in [0, 0.1) is 0 Å². The molecule has 6 heteroatoms. The summed E-state index contributed by atoms with van der Waals surface area (Å²) in [7, 11) is 0. The predicted octanol–water partition coefficient (Wildman–Crippen LogP) is -0.958. The molecule has 0 bridgehead atoms. The molecule has 17 heavy (non-hydrogen) atoms. The lowest BCUT2D eigenvalue weighted by Crippen LogP contribution is -2.43. The summed E-state index contributed by atoms with van der Waals surface area (Å²) in [5.74, 6) is 0. The van der Waals surface area contributed by atoms with Crippen molar-refractivity contribution in [1.82, 2.24) is 5.43 Å². The monoisotopic (exact) mass is 240 g/mol. The van der Waals surface area contributed by atoms with E-state index in [0.29, 0.717) is 0 Å². The number of hydrogen-bond acceptors (Lipinski definition) is 6. The summed E-state index contributed by atoms with van der Waals surface area (Å²) in [6.45, 7) is -0.332. The van der Waals surface area contributed by atoms with Gasteiger partial charge in [0.25, 0.3) is 0 Å². The Morgan fingerprint density at radius 1 is 1.12 bits per heavy atom. The van der Waals surface area contributed by atoms with Crippen LogP contribution in [0.3, 0.4) is 0 Å². The lowest BCUT2D eigenvalue weighted by molar-refractivity contribution is -0.0303. The quantitative estimate of drug-likeness (QED) is 0.435. The van der Waals surface area contributed by atoms with Gasteiger partial charge in [-0.2, -0.15) is 0 Å². The van der Waals surface area contributed by atoms with Gasteiger partial charge in [-0.3, -0.25) is 0 Å². The summed E-state index contributed by atoms with van der Waals surface area (Å²) in [6.07, 6.45) is -3.69. The lowest BCUT2D eigenvalue weighted by Gasteiger charge is -2.17. The zero-order valence-electron chi connectivity index (χ0n) is 9.15.